The van der Waals surface area contributed by atoms with Crippen LogP contribution in [0.15, 0.2) is 30.3 Å². The Morgan fingerprint density at radius 2 is 1.40 bits per heavy atom. The number of epoxide rings is 1. The van der Waals surface area contributed by atoms with E-state index in [2.05, 4.69) is 16.1 Å². The number of alkyl carbamates (subject to hydrolysis) is 1. The number of carbonyl (C=O) groups excluding carboxylic acids is 5. The van der Waals surface area contributed by atoms with Gasteiger partial charge in [-0.3, -0.25) is 24.8 Å². The van der Waals surface area contributed by atoms with Gasteiger partial charge in [-0.25, -0.2) is 9.59 Å². The number of amides is 4. The van der Waals surface area contributed by atoms with Crippen LogP contribution in [0, 0.1) is 17.8 Å². The van der Waals surface area contributed by atoms with Crippen LogP contribution in [0.1, 0.15) is 66.9 Å². The highest BCUT2D eigenvalue weighted by Gasteiger charge is 2.53. The van der Waals surface area contributed by atoms with Crippen molar-refractivity contribution in [1.29, 1.82) is 0 Å². The first-order chi connectivity index (χ1) is 19.8. The van der Waals surface area contributed by atoms with Crippen LogP contribution in [0.5, 0.6) is 0 Å². The molecule has 0 unspecified atom stereocenters. The van der Waals surface area contributed by atoms with Gasteiger partial charge in [0.05, 0.1) is 6.61 Å². The number of hydrogen-bond donors (Lipinski definition) is 3. The van der Waals surface area contributed by atoms with E-state index in [1.54, 1.807) is 6.92 Å². The van der Waals surface area contributed by atoms with Crippen LogP contribution in [0.3, 0.4) is 0 Å². The van der Waals surface area contributed by atoms with Crippen LogP contribution >= 0.6 is 0 Å². The summed E-state index contributed by atoms with van der Waals surface area (Å²) >= 11 is 0. The first-order valence-corrected chi connectivity index (χ1v) is 14.5. The number of nitrogens with one attached hydrogen (secondary N) is 3. The number of nitrogens with zero attached hydrogens (tertiary/aromatic N) is 1. The second kappa shape index (κ2) is 16.7. The Bertz CT molecular complexity index is 1060. The van der Waals surface area contributed by atoms with Crippen LogP contribution in [0.2, 0.25) is 0 Å². The van der Waals surface area contributed by atoms with Gasteiger partial charge < -0.3 is 24.8 Å². The Morgan fingerprint density at radius 1 is 0.810 bits per heavy atom. The number of rotatable bonds is 15. The topological polar surface area (TPSA) is 156 Å². The average molecular weight is 591 g/mol. The standard InChI is InChI=1S/C30H46N4O8/c1-8-40-29(38)25-24(42-25)28(37)34(16-20(6)7)33-27(36)23(15-19(4)5)31-26(35)22(14-18(2)3)32-30(39)41-17-21-12-10-9-11-13-21/h9-13,18-20,22-25H,8,14-17H2,1-7H3,(H,31,35)(H,32,39)(H,33,36)/t22-,23-,24+,25+/m0/s1. The van der Waals surface area contributed by atoms with E-state index in [0.29, 0.717) is 6.42 Å². The Morgan fingerprint density at radius 3 is 1.95 bits per heavy atom. The molecule has 1 aliphatic rings. The lowest BCUT2D eigenvalue weighted by Gasteiger charge is -2.29. The van der Waals surface area contributed by atoms with E-state index >= 15 is 0 Å². The van der Waals surface area contributed by atoms with Gasteiger partial charge in [0.15, 0.2) is 12.2 Å². The van der Waals surface area contributed by atoms with Crippen molar-refractivity contribution in [3.63, 3.8) is 0 Å². The summed E-state index contributed by atoms with van der Waals surface area (Å²) in [5.41, 5.74) is 3.42. The number of benzene rings is 1. The monoisotopic (exact) mass is 590 g/mol. The minimum Gasteiger partial charge on any atom is -0.464 e. The molecule has 4 amide bonds. The minimum atomic E-state index is -1.05. The third-order valence-electron chi connectivity index (χ3n) is 6.18. The van der Waals surface area contributed by atoms with Crippen molar-refractivity contribution in [1.82, 2.24) is 21.1 Å². The molecule has 12 heteroatoms. The predicted molar refractivity (Wildman–Crippen MR) is 154 cm³/mol. The van der Waals surface area contributed by atoms with Gasteiger partial charge in [0.25, 0.3) is 11.8 Å². The molecule has 0 saturated carbocycles. The minimum absolute atomic E-state index is 0.0163. The van der Waals surface area contributed by atoms with E-state index in [1.165, 1.54) is 0 Å². The van der Waals surface area contributed by atoms with Crippen LogP contribution in [-0.2, 0) is 40.0 Å². The first kappa shape index (κ1) is 34.5. The van der Waals surface area contributed by atoms with E-state index < -0.39 is 54.1 Å². The molecular weight excluding hydrogens is 544 g/mol. The molecule has 1 aromatic rings. The molecule has 1 aromatic carbocycles. The maximum absolute atomic E-state index is 13.4. The molecule has 1 fully saturated rings. The molecule has 3 N–H and O–H groups in total. The van der Waals surface area contributed by atoms with Crippen molar-refractivity contribution in [3.8, 4) is 0 Å². The fourth-order valence-corrected chi connectivity index (χ4v) is 4.21. The summed E-state index contributed by atoms with van der Waals surface area (Å²) in [6.45, 7) is 13.4. The van der Waals surface area contributed by atoms with E-state index in [-0.39, 0.29) is 43.9 Å². The summed E-state index contributed by atoms with van der Waals surface area (Å²) in [6, 6.07) is 7.21. The Hall–Kier alpha value is -3.67. The van der Waals surface area contributed by atoms with E-state index in [0.717, 1.165) is 10.6 Å². The molecule has 0 spiro atoms. The zero-order valence-corrected chi connectivity index (χ0v) is 25.7. The highest BCUT2D eigenvalue weighted by molar-refractivity contribution is 5.95. The van der Waals surface area contributed by atoms with Crippen molar-refractivity contribution >= 4 is 29.8 Å². The van der Waals surface area contributed by atoms with Gasteiger partial charge >= 0.3 is 12.1 Å². The van der Waals surface area contributed by atoms with Crippen LogP contribution in [-0.4, -0.2) is 72.2 Å². The van der Waals surface area contributed by atoms with Crippen molar-refractivity contribution in [2.45, 2.75) is 92.2 Å². The van der Waals surface area contributed by atoms with Crippen molar-refractivity contribution in [2.75, 3.05) is 13.2 Å². The summed E-state index contributed by atoms with van der Waals surface area (Å²) in [5.74, 6) is -2.31. The lowest BCUT2D eigenvalue weighted by molar-refractivity contribution is -0.146. The molecule has 0 bridgehead atoms. The van der Waals surface area contributed by atoms with Gasteiger partial charge in [0.2, 0.25) is 5.91 Å². The summed E-state index contributed by atoms with van der Waals surface area (Å²) < 4.78 is 15.5. The normalized spacial score (nSPS) is 17.3. The van der Waals surface area contributed by atoms with Crippen molar-refractivity contribution < 1.29 is 38.2 Å². The lowest BCUT2D eigenvalue weighted by Crippen LogP contribution is -2.58. The van der Waals surface area contributed by atoms with Gasteiger partial charge in [0.1, 0.15) is 18.7 Å². The van der Waals surface area contributed by atoms with Gasteiger partial charge in [-0.1, -0.05) is 71.9 Å². The second-order valence-electron chi connectivity index (χ2n) is 11.6. The van der Waals surface area contributed by atoms with Crippen LogP contribution < -0.4 is 16.1 Å². The van der Waals surface area contributed by atoms with E-state index in [1.807, 2.05) is 71.9 Å². The zero-order chi connectivity index (χ0) is 31.4. The summed E-state index contributed by atoms with van der Waals surface area (Å²) in [5, 5.41) is 6.50. The molecule has 234 valence electrons. The van der Waals surface area contributed by atoms with Crippen molar-refractivity contribution in [3.05, 3.63) is 35.9 Å². The molecule has 0 aliphatic carbocycles. The fraction of sp³-hybridized carbons (Fsp3) is 0.633. The SMILES string of the molecule is CCOC(=O)[C@@H]1O[C@H]1C(=O)N(CC(C)C)NC(=O)[C@H](CC(C)C)NC(=O)[C@H](CC(C)C)NC(=O)OCc1ccccc1. The average Bonchev–Trinajstić information content (AvgIpc) is 3.71. The second-order valence-corrected chi connectivity index (χ2v) is 11.6. The zero-order valence-electron chi connectivity index (χ0n) is 25.7. The first-order valence-electron chi connectivity index (χ1n) is 14.5. The Balaban J connectivity index is 2.10. The third-order valence-corrected chi connectivity index (χ3v) is 6.18. The lowest BCUT2D eigenvalue weighted by atomic mass is 10.0. The number of carbonyl (C=O) groups is 5. The maximum Gasteiger partial charge on any atom is 0.408 e. The Kier molecular flexibility index (Phi) is 13.7. The molecule has 0 radical (unpaired) electrons. The molecule has 0 aromatic heterocycles. The summed E-state index contributed by atoms with van der Waals surface area (Å²) in [7, 11) is 0. The number of hydrazine groups is 1. The largest absolute Gasteiger partial charge is 0.464 e. The van der Waals surface area contributed by atoms with E-state index in [9.17, 15) is 24.0 Å². The molecule has 1 heterocycles. The fourth-order valence-electron chi connectivity index (χ4n) is 4.21. The number of ether oxygens (including phenoxy) is 3. The highest BCUT2D eigenvalue weighted by atomic mass is 16.6. The molecule has 1 saturated heterocycles. The van der Waals surface area contributed by atoms with Gasteiger partial charge in [-0.15, -0.1) is 0 Å². The van der Waals surface area contributed by atoms with Gasteiger partial charge in [-0.05, 0) is 43.1 Å². The smallest absolute Gasteiger partial charge is 0.408 e. The third kappa shape index (κ3) is 11.7. The van der Waals surface area contributed by atoms with Crippen LogP contribution in [0.4, 0.5) is 4.79 Å². The summed E-state index contributed by atoms with van der Waals surface area (Å²) in [4.78, 5) is 64.4. The molecule has 12 nitrogen and oxygen atoms in total. The Labute approximate surface area is 248 Å². The van der Waals surface area contributed by atoms with Gasteiger partial charge in [0, 0.05) is 6.54 Å². The highest BCUT2D eigenvalue weighted by Crippen LogP contribution is 2.25. The molecule has 1 aliphatic heterocycles. The number of esters is 1. The quantitative estimate of drug-likeness (QED) is 0.160. The molecule has 42 heavy (non-hydrogen) atoms. The van der Waals surface area contributed by atoms with E-state index in [4.69, 9.17) is 14.2 Å². The van der Waals surface area contributed by atoms with Gasteiger partial charge in [-0.2, -0.15) is 0 Å². The maximum atomic E-state index is 13.4. The summed E-state index contributed by atoms with van der Waals surface area (Å²) in [6.07, 6.45) is -2.23. The molecule has 4 atom stereocenters. The molecule has 2 rings (SSSR count). The molecular formula is C30H46N4O8. The predicted octanol–water partition coefficient (Wildman–Crippen LogP) is 2.70. The van der Waals surface area contributed by atoms with Crippen molar-refractivity contribution in [2.24, 2.45) is 17.8 Å². The van der Waals surface area contributed by atoms with Crippen LogP contribution in [0.25, 0.3) is 0 Å². The number of hydrogen-bond acceptors (Lipinski definition) is 8.